The molecule has 1 unspecified atom stereocenters. The summed E-state index contributed by atoms with van der Waals surface area (Å²) in [6, 6.07) is 1.45. The van der Waals surface area contributed by atoms with Crippen LogP contribution in [-0.4, -0.2) is 23.1 Å². The Balaban J connectivity index is 4.08. The zero-order chi connectivity index (χ0) is 11.8. The minimum atomic E-state index is -1.32. The van der Waals surface area contributed by atoms with Crippen LogP contribution in [0.3, 0.4) is 0 Å². The predicted octanol–water partition coefficient (Wildman–Crippen LogP) is 0.687. The van der Waals surface area contributed by atoms with Crippen molar-refractivity contribution in [3.63, 3.8) is 0 Å². The molecular weight excluding hydrogens is 198 g/mol. The number of rotatable bonds is 5. The molecule has 0 saturated heterocycles. The van der Waals surface area contributed by atoms with Gasteiger partial charge in [-0.2, -0.15) is 5.26 Å². The van der Waals surface area contributed by atoms with E-state index in [4.69, 9.17) is 5.26 Å². The van der Waals surface area contributed by atoms with Crippen LogP contribution in [0.15, 0.2) is 12.2 Å². The highest BCUT2D eigenvalue weighted by atomic mass is 16.6. The van der Waals surface area contributed by atoms with Gasteiger partial charge in [-0.3, -0.25) is 0 Å². The molecule has 1 N–H and O–H groups in total. The lowest BCUT2D eigenvalue weighted by Gasteiger charge is -2.07. The van der Waals surface area contributed by atoms with E-state index in [1.165, 1.54) is 6.07 Å². The molecule has 0 spiro atoms. The van der Waals surface area contributed by atoms with Gasteiger partial charge < -0.3 is 9.84 Å². The molecule has 0 aliphatic rings. The number of nitrogens with zero attached hydrogens (tertiary/aromatic N) is 1. The first-order valence-electron chi connectivity index (χ1n) is 4.56. The fraction of sp³-hybridized carbons (Fsp3) is 0.500. The summed E-state index contributed by atoms with van der Waals surface area (Å²) in [5.41, 5.74) is -0.467. The molecule has 0 heterocycles. The Morgan fingerprint density at radius 2 is 2.20 bits per heavy atom. The van der Waals surface area contributed by atoms with Gasteiger partial charge in [0.15, 0.2) is 6.10 Å². The molecule has 0 aromatic carbocycles. The SMILES string of the molecule is C=C(C#N)C(=O)OC(=O)C(O)CCCC. The minimum absolute atomic E-state index is 0.238. The topological polar surface area (TPSA) is 87.4 Å². The second-order valence-electron chi connectivity index (χ2n) is 2.96. The van der Waals surface area contributed by atoms with Crippen LogP contribution in [-0.2, 0) is 14.3 Å². The zero-order valence-electron chi connectivity index (χ0n) is 8.52. The van der Waals surface area contributed by atoms with Crippen LogP contribution in [0.5, 0.6) is 0 Å². The maximum atomic E-state index is 11.0. The molecule has 5 nitrogen and oxygen atoms in total. The van der Waals surface area contributed by atoms with Crippen LogP contribution in [0, 0.1) is 11.3 Å². The first-order chi connectivity index (χ1) is 7.02. The van der Waals surface area contributed by atoms with E-state index in [2.05, 4.69) is 11.3 Å². The summed E-state index contributed by atoms with van der Waals surface area (Å²) >= 11 is 0. The van der Waals surface area contributed by atoms with Crippen molar-refractivity contribution >= 4 is 11.9 Å². The van der Waals surface area contributed by atoms with Crippen molar-refractivity contribution in [3.8, 4) is 6.07 Å². The van der Waals surface area contributed by atoms with Crippen molar-refractivity contribution in [1.82, 2.24) is 0 Å². The number of carbonyl (C=O) groups excluding carboxylic acids is 2. The number of carbonyl (C=O) groups is 2. The van der Waals surface area contributed by atoms with E-state index in [9.17, 15) is 14.7 Å². The van der Waals surface area contributed by atoms with Crippen molar-refractivity contribution in [2.75, 3.05) is 0 Å². The zero-order valence-corrected chi connectivity index (χ0v) is 8.52. The molecule has 0 aromatic rings. The van der Waals surface area contributed by atoms with E-state index in [1.807, 2.05) is 6.92 Å². The summed E-state index contributed by atoms with van der Waals surface area (Å²) in [5.74, 6) is -2.15. The van der Waals surface area contributed by atoms with E-state index >= 15 is 0 Å². The van der Waals surface area contributed by atoms with Gasteiger partial charge in [-0.25, -0.2) is 9.59 Å². The molecule has 0 rings (SSSR count). The lowest BCUT2D eigenvalue weighted by atomic mass is 10.2. The van der Waals surface area contributed by atoms with Crippen LogP contribution in [0.25, 0.3) is 0 Å². The highest BCUT2D eigenvalue weighted by Crippen LogP contribution is 2.03. The molecule has 1 atom stereocenters. The van der Waals surface area contributed by atoms with E-state index < -0.39 is 23.6 Å². The summed E-state index contributed by atoms with van der Waals surface area (Å²) in [6.45, 7) is 4.98. The molecule has 0 amide bonds. The summed E-state index contributed by atoms with van der Waals surface area (Å²) in [5, 5.41) is 17.5. The van der Waals surface area contributed by atoms with Crippen molar-refractivity contribution in [3.05, 3.63) is 12.2 Å². The average Bonchev–Trinajstić information content (AvgIpc) is 2.24. The number of hydrogen-bond acceptors (Lipinski definition) is 5. The number of aliphatic hydroxyl groups excluding tert-OH is 1. The lowest BCUT2D eigenvalue weighted by molar-refractivity contribution is -0.163. The number of esters is 2. The van der Waals surface area contributed by atoms with Crippen LogP contribution in [0.4, 0.5) is 0 Å². The number of hydrogen-bond donors (Lipinski definition) is 1. The van der Waals surface area contributed by atoms with Crippen LogP contribution < -0.4 is 0 Å². The number of nitriles is 1. The first kappa shape index (κ1) is 13.3. The molecule has 15 heavy (non-hydrogen) atoms. The van der Waals surface area contributed by atoms with Gasteiger partial charge >= 0.3 is 11.9 Å². The van der Waals surface area contributed by atoms with Gasteiger partial charge in [0.25, 0.3) is 0 Å². The van der Waals surface area contributed by atoms with Gasteiger partial charge in [0.2, 0.25) is 0 Å². The normalized spacial score (nSPS) is 11.3. The molecule has 5 heteroatoms. The van der Waals surface area contributed by atoms with Crippen LogP contribution >= 0.6 is 0 Å². The number of unbranched alkanes of at least 4 members (excludes halogenated alkanes) is 1. The highest BCUT2D eigenvalue weighted by molar-refractivity contribution is 5.99. The smallest absolute Gasteiger partial charge is 0.355 e. The molecule has 0 fully saturated rings. The second-order valence-corrected chi connectivity index (χ2v) is 2.96. The summed E-state index contributed by atoms with van der Waals surface area (Å²) in [4.78, 5) is 21.9. The van der Waals surface area contributed by atoms with Gasteiger partial charge in [0, 0.05) is 0 Å². The maximum Gasteiger partial charge on any atom is 0.355 e. The molecule has 0 aliphatic carbocycles. The van der Waals surface area contributed by atoms with Gasteiger partial charge in [-0.15, -0.1) is 0 Å². The Labute approximate surface area is 88.0 Å². The quantitative estimate of drug-likeness (QED) is 0.313. The number of aliphatic hydroxyl groups is 1. The predicted molar refractivity (Wildman–Crippen MR) is 51.4 cm³/mol. The van der Waals surface area contributed by atoms with Gasteiger partial charge in [0.1, 0.15) is 11.6 Å². The Morgan fingerprint density at radius 3 is 2.67 bits per heavy atom. The number of ether oxygens (including phenoxy) is 1. The van der Waals surface area contributed by atoms with Gasteiger partial charge in [-0.1, -0.05) is 26.3 Å². The standard InChI is InChI=1S/C10H13NO4/c1-3-4-5-8(12)10(14)15-9(13)7(2)6-11/h8,12H,2-5H2,1H3. The molecular formula is C10H13NO4. The Bertz CT molecular complexity index is 303. The fourth-order valence-corrected chi connectivity index (χ4v) is 0.782. The Kier molecular flexibility index (Phi) is 5.99. The third-order valence-corrected chi connectivity index (χ3v) is 1.68. The van der Waals surface area contributed by atoms with E-state index in [0.717, 1.165) is 6.42 Å². The van der Waals surface area contributed by atoms with Gasteiger partial charge in [0.05, 0.1) is 0 Å². The van der Waals surface area contributed by atoms with Crippen molar-refractivity contribution in [1.29, 1.82) is 5.26 Å². The third kappa shape index (κ3) is 4.93. The summed E-state index contributed by atoms with van der Waals surface area (Å²) in [6.07, 6.45) is 0.398. The molecule has 0 saturated carbocycles. The summed E-state index contributed by atoms with van der Waals surface area (Å²) < 4.78 is 4.21. The Hall–Kier alpha value is -1.67. The summed E-state index contributed by atoms with van der Waals surface area (Å²) in [7, 11) is 0. The maximum absolute atomic E-state index is 11.0. The van der Waals surface area contributed by atoms with E-state index in [0.29, 0.717) is 6.42 Å². The van der Waals surface area contributed by atoms with Crippen LogP contribution in [0.1, 0.15) is 26.2 Å². The minimum Gasteiger partial charge on any atom is -0.387 e. The van der Waals surface area contributed by atoms with E-state index in [1.54, 1.807) is 0 Å². The molecule has 82 valence electrons. The lowest BCUT2D eigenvalue weighted by Crippen LogP contribution is -2.26. The second kappa shape index (κ2) is 6.74. The van der Waals surface area contributed by atoms with Crippen LogP contribution in [0.2, 0.25) is 0 Å². The van der Waals surface area contributed by atoms with Gasteiger partial charge in [-0.05, 0) is 6.42 Å². The molecule has 0 aromatic heterocycles. The van der Waals surface area contributed by atoms with Crippen molar-refractivity contribution in [2.45, 2.75) is 32.3 Å². The Morgan fingerprint density at radius 1 is 1.60 bits per heavy atom. The largest absolute Gasteiger partial charge is 0.387 e. The molecule has 0 radical (unpaired) electrons. The van der Waals surface area contributed by atoms with Crippen molar-refractivity contribution < 1.29 is 19.4 Å². The van der Waals surface area contributed by atoms with E-state index in [-0.39, 0.29) is 6.42 Å². The van der Waals surface area contributed by atoms with Crippen molar-refractivity contribution in [2.24, 2.45) is 0 Å². The third-order valence-electron chi connectivity index (χ3n) is 1.68. The fourth-order valence-electron chi connectivity index (χ4n) is 0.782. The first-order valence-corrected chi connectivity index (χ1v) is 4.56. The molecule has 0 bridgehead atoms. The average molecular weight is 211 g/mol. The molecule has 0 aliphatic heterocycles. The highest BCUT2D eigenvalue weighted by Gasteiger charge is 2.20. The monoisotopic (exact) mass is 211 g/mol.